The normalized spacial score (nSPS) is 20.6. The van der Waals surface area contributed by atoms with E-state index in [4.69, 9.17) is 11.6 Å². The average molecular weight is 549 g/mol. The Labute approximate surface area is 218 Å². The zero-order valence-corrected chi connectivity index (χ0v) is 21.0. The lowest BCUT2D eigenvalue weighted by molar-refractivity contribution is -0.138. The number of alkyl halides is 3. The number of carbonyl (C=O) groups excluding carboxylic acids is 3. The zero-order chi connectivity index (χ0) is 26.5. The van der Waals surface area contributed by atoms with Gasteiger partial charge in [-0.2, -0.15) is 18.3 Å². The van der Waals surface area contributed by atoms with E-state index in [2.05, 4.69) is 5.10 Å². The minimum absolute atomic E-state index is 0.00403. The summed E-state index contributed by atoms with van der Waals surface area (Å²) >= 11 is 6.56. The monoisotopic (exact) mass is 548 g/mol. The van der Waals surface area contributed by atoms with Crippen LogP contribution in [0.15, 0.2) is 47.5 Å². The number of fused-ring (bicyclic) bond motifs is 1. The number of thioether (sulfide) groups is 1. The standard InChI is InChI=1S/C25H20ClF3N4O3S/c1-31-7-6-20(21(34)13-31)33-23(35)22(37-24(33)36)9-14-2-5-19-16(8-14)11-30-32(19)12-15-3-4-17(26)10-18(15)25(27,28)29/h2-5,8-11,20H,6-7,12-13H2,1H3. The van der Waals surface area contributed by atoms with E-state index in [1.165, 1.54) is 23.0 Å². The van der Waals surface area contributed by atoms with Gasteiger partial charge >= 0.3 is 6.18 Å². The average Bonchev–Trinajstić information content (AvgIpc) is 3.34. The molecule has 12 heteroatoms. The third-order valence-electron chi connectivity index (χ3n) is 6.38. The van der Waals surface area contributed by atoms with Crippen molar-refractivity contribution in [2.45, 2.75) is 25.2 Å². The Morgan fingerprint density at radius 2 is 1.95 bits per heavy atom. The second kappa shape index (κ2) is 9.62. The summed E-state index contributed by atoms with van der Waals surface area (Å²) in [4.78, 5) is 41.1. The highest BCUT2D eigenvalue weighted by Gasteiger charge is 2.43. The molecule has 2 fully saturated rings. The van der Waals surface area contributed by atoms with Crippen molar-refractivity contribution in [3.8, 4) is 0 Å². The third-order valence-corrected chi connectivity index (χ3v) is 7.50. The first kappa shape index (κ1) is 25.5. The summed E-state index contributed by atoms with van der Waals surface area (Å²) < 4.78 is 41.9. The van der Waals surface area contributed by atoms with Gasteiger partial charge in [-0.1, -0.05) is 23.7 Å². The van der Waals surface area contributed by atoms with E-state index in [9.17, 15) is 27.6 Å². The van der Waals surface area contributed by atoms with Crippen molar-refractivity contribution in [2.75, 3.05) is 20.1 Å². The van der Waals surface area contributed by atoms with Crippen molar-refractivity contribution < 1.29 is 27.6 Å². The number of aromatic nitrogens is 2. The molecule has 3 aromatic rings. The van der Waals surface area contributed by atoms with Crippen LogP contribution in [0, 0.1) is 0 Å². The summed E-state index contributed by atoms with van der Waals surface area (Å²) in [7, 11) is 1.81. The second-order valence-electron chi connectivity index (χ2n) is 8.98. The lowest BCUT2D eigenvalue weighted by Gasteiger charge is -2.31. The molecule has 0 saturated carbocycles. The number of imide groups is 1. The van der Waals surface area contributed by atoms with Crippen molar-refractivity contribution in [1.82, 2.24) is 19.6 Å². The van der Waals surface area contributed by atoms with Crippen LogP contribution >= 0.6 is 23.4 Å². The molecule has 0 aliphatic carbocycles. The van der Waals surface area contributed by atoms with Crippen LogP contribution in [0.4, 0.5) is 18.0 Å². The molecule has 5 rings (SSSR count). The molecule has 7 nitrogen and oxygen atoms in total. The smallest absolute Gasteiger partial charge is 0.299 e. The molecule has 37 heavy (non-hydrogen) atoms. The maximum atomic E-state index is 13.5. The van der Waals surface area contributed by atoms with Gasteiger partial charge in [0, 0.05) is 17.0 Å². The van der Waals surface area contributed by atoms with E-state index >= 15 is 0 Å². The molecular weight excluding hydrogens is 529 g/mol. The highest BCUT2D eigenvalue weighted by Crippen LogP contribution is 2.36. The highest BCUT2D eigenvalue weighted by atomic mass is 35.5. The summed E-state index contributed by atoms with van der Waals surface area (Å²) in [5.41, 5.74) is 0.433. The van der Waals surface area contributed by atoms with Gasteiger partial charge in [0.2, 0.25) is 0 Å². The van der Waals surface area contributed by atoms with Crippen LogP contribution in [-0.4, -0.2) is 62.7 Å². The van der Waals surface area contributed by atoms with Gasteiger partial charge in [0.1, 0.15) is 6.04 Å². The van der Waals surface area contributed by atoms with Gasteiger partial charge < -0.3 is 0 Å². The molecule has 1 unspecified atom stereocenters. The third kappa shape index (κ3) is 5.03. The van der Waals surface area contributed by atoms with Gasteiger partial charge in [0.25, 0.3) is 11.1 Å². The van der Waals surface area contributed by atoms with Crippen LogP contribution in [-0.2, 0) is 22.3 Å². The fourth-order valence-corrected chi connectivity index (χ4v) is 5.61. The molecule has 2 amide bonds. The Hall–Kier alpha value is -3.15. The molecule has 0 radical (unpaired) electrons. The number of halogens is 4. The number of hydrogen-bond acceptors (Lipinski definition) is 6. The summed E-state index contributed by atoms with van der Waals surface area (Å²) in [6, 6.07) is 8.00. The number of likely N-dealkylation sites (N-methyl/N-ethyl adjacent to an activating group) is 1. The van der Waals surface area contributed by atoms with Gasteiger partial charge in [-0.25, -0.2) is 0 Å². The van der Waals surface area contributed by atoms with Gasteiger partial charge in [-0.3, -0.25) is 28.9 Å². The van der Waals surface area contributed by atoms with Crippen LogP contribution in [0.2, 0.25) is 5.02 Å². The minimum atomic E-state index is -4.56. The Morgan fingerprint density at radius 3 is 2.68 bits per heavy atom. The Balaban J connectivity index is 1.39. The minimum Gasteiger partial charge on any atom is -0.299 e. The number of rotatable bonds is 4. The molecular formula is C25H20ClF3N4O3S. The van der Waals surface area contributed by atoms with Crippen molar-refractivity contribution in [3.63, 3.8) is 0 Å². The van der Waals surface area contributed by atoms with E-state index in [0.29, 0.717) is 29.4 Å². The molecule has 192 valence electrons. The first-order valence-corrected chi connectivity index (χ1v) is 12.5. The highest BCUT2D eigenvalue weighted by molar-refractivity contribution is 8.18. The van der Waals surface area contributed by atoms with Crippen molar-refractivity contribution in [1.29, 1.82) is 0 Å². The predicted octanol–water partition coefficient (Wildman–Crippen LogP) is 5.07. The van der Waals surface area contributed by atoms with Gasteiger partial charge in [0.05, 0.1) is 35.3 Å². The largest absolute Gasteiger partial charge is 0.416 e. The lowest BCUT2D eigenvalue weighted by atomic mass is 10.0. The van der Waals surface area contributed by atoms with Crippen molar-refractivity contribution in [3.05, 3.63) is 69.2 Å². The number of Topliss-reactive ketones (excluding diaryl/α,β-unsaturated/α-hetero) is 1. The molecule has 3 heterocycles. The van der Waals surface area contributed by atoms with E-state index < -0.39 is 28.9 Å². The summed E-state index contributed by atoms with van der Waals surface area (Å²) in [6.45, 7) is 0.684. The molecule has 0 bridgehead atoms. The first-order chi connectivity index (χ1) is 17.5. The maximum Gasteiger partial charge on any atom is 0.416 e. The van der Waals surface area contributed by atoms with Crippen molar-refractivity contribution >= 4 is 57.3 Å². The number of benzene rings is 2. The molecule has 2 aliphatic rings. The van der Waals surface area contributed by atoms with Crippen LogP contribution in [0.5, 0.6) is 0 Å². The topological polar surface area (TPSA) is 75.5 Å². The number of likely N-dealkylation sites (tertiary alicyclic amines) is 1. The second-order valence-corrected chi connectivity index (χ2v) is 10.4. The summed E-state index contributed by atoms with van der Waals surface area (Å²) in [5, 5.41) is 4.42. The van der Waals surface area contributed by atoms with Crippen molar-refractivity contribution in [2.24, 2.45) is 0 Å². The van der Waals surface area contributed by atoms with E-state index in [-0.39, 0.29) is 34.4 Å². The van der Waals surface area contributed by atoms with Gasteiger partial charge in [-0.15, -0.1) is 0 Å². The van der Waals surface area contributed by atoms with Gasteiger partial charge in [-0.05, 0) is 66.7 Å². The van der Waals surface area contributed by atoms with Crippen LogP contribution < -0.4 is 0 Å². The molecule has 1 atom stereocenters. The zero-order valence-electron chi connectivity index (χ0n) is 19.5. The Morgan fingerprint density at radius 1 is 1.16 bits per heavy atom. The number of piperidine rings is 1. The summed E-state index contributed by atoms with van der Waals surface area (Å²) in [6.07, 6.45) is -1.06. The maximum absolute atomic E-state index is 13.5. The summed E-state index contributed by atoms with van der Waals surface area (Å²) in [5.74, 6) is -0.670. The molecule has 2 aromatic carbocycles. The molecule has 2 saturated heterocycles. The van der Waals surface area contributed by atoms with E-state index in [1.807, 2.05) is 11.9 Å². The first-order valence-electron chi connectivity index (χ1n) is 11.3. The lowest BCUT2D eigenvalue weighted by Crippen LogP contribution is -2.52. The van der Waals surface area contributed by atoms with Crippen LogP contribution in [0.25, 0.3) is 17.0 Å². The Kier molecular flexibility index (Phi) is 6.63. The fourth-order valence-electron chi connectivity index (χ4n) is 4.56. The fraction of sp³-hybridized carbons (Fsp3) is 0.280. The molecule has 1 aromatic heterocycles. The number of amides is 2. The molecule has 0 spiro atoms. The van der Waals surface area contributed by atoms with Crippen LogP contribution in [0.1, 0.15) is 23.1 Å². The van der Waals surface area contributed by atoms with Gasteiger partial charge in [0.15, 0.2) is 5.78 Å². The number of hydrogen-bond donors (Lipinski definition) is 0. The molecule has 0 N–H and O–H groups in total. The molecule has 2 aliphatic heterocycles. The number of nitrogens with zero attached hydrogens (tertiary/aromatic N) is 4. The Bertz CT molecular complexity index is 1470. The predicted molar refractivity (Wildman–Crippen MR) is 134 cm³/mol. The SMILES string of the molecule is CN1CCC(N2C(=O)SC(=Cc3ccc4c(cnn4Cc4ccc(Cl)cc4C(F)(F)F)c3)C2=O)C(=O)C1. The van der Waals surface area contributed by atoms with E-state index in [1.54, 1.807) is 24.3 Å². The quantitative estimate of drug-likeness (QED) is 0.424. The number of ketones is 1. The van der Waals surface area contributed by atoms with Crippen LogP contribution in [0.3, 0.4) is 0 Å². The number of carbonyl (C=O) groups is 3. The van der Waals surface area contributed by atoms with E-state index in [0.717, 1.165) is 22.7 Å².